The van der Waals surface area contributed by atoms with Crippen LogP contribution in [0.5, 0.6) is 0 Å². The maximum absolute atomic E-state index is 12.4. The van der Waals surface area contributed by atoms with Crippen LogP contribution in [0, 0.1) is 11.9 Å². The number of hydrogen-bond acceptors (Lipinski definition) is 1. The molecule has 0 atom stereocenters. The van der Waals surface area contributed by atoms with Crippen LogP contribution in [0.1, 0.15) is 10.4 Å². The van der Waals surface area contributed by atoms with E-state index in [2.05, 4.69) is 19.7 Å². The summed E-state index contributed by atoms with van der Waals surface area (Å²) >= 11 is 4.25. The molecule has 2 nitrogen and oxygen atoms in total. The van der Waals surface area contributed by atoms with E-state index in [1.54, 1.807) is 0 Å². The van der Waals surface area contributed by atoms with Gasteiger partial charge < -0.3 is 5.11 Å². The fourth-order valence-corrected chi connectivity index (χ4v) is 0.575. The molecule has 60 valence electrons. The summed E-state index contributed by atoms with van der Waals surface area (Å²) in [5.74, 6) is -2.00. The zero-order valence-electron chi connectivity index (χ0n) is 6.05. The van der Waals surface area contributed by atoms with Crippen LogP contribution >= 0.6 is 13.6 Å². The number of halogens is 2. The van der Waals surface area contributed by atoms with Crippen LogP contribution in [0.2, 0.25) is 0 Å². The van der Waals surface area contributed by atoms with Crippen LogP contribution in [-0.2, 0) is 16.3 Å². The molecular weight excluding hydrogens is 280 g/mol. The molecule has 0 fully saturated rings. The van der Waals surface area contributed by atoms with Crippen molar-refractivity contribution in [3.63, 3.8) is 0 Å². The molecular formula is C7H4BrFO2Zn. The van der Waals surface area contributed by atoms with E-state index in [1.165, 1.54) is 22.4 Å². The van der Waals surface area contributed by atoms with Crippen LogP contribution in [0.3, 0.4) is 0 Å². The number of rotatable bonds is 1. The third-order valence-electron chi connectivity index (χ3n) is 1.04. The number of carboxylic acid groups (broad SMARTS) is 1. The molecule has 1 aromatic carbocycles. The van der Waals surface area contributed by atoms with Gasteiger partial charge in [-0.05, 0) is 5.56 Å². The van der Waals surface area contributed by atoms with Gasteiger partial charge in [0.2, 0.25) is 0 Å². The first kappa shape index (κ1) is 11.7. The first-order valence-corrected chi connectivity index (χ1v) is 9.82. The van der Waals surface area contributed by atoms with Crippen molar-refractivity contribution in [1.82, 2.24) is 0 Å². The first-order chi connectivity index (χ1) is 5.72. The monoisotopic (exact) mass is 282 g/mol. The molecule has 0 unspecified atom stereocenters. The van der Waals surface area contributed by atoms with Gasteiger partial charge in [0.15, 0.2) is 0 Å². The predicted octanol–water partition coefficient (Wildman–Crippen LogP) is 2.17. The van der Waals surface area contributed by atoms with Crippen LogP contribution in [0.25, 0.3) is 0 Å². The van der Waals surface area contributed by atoms with Gasteiger partial charge in [-0.15, -0.1) is 6.07 Å². The van der Waals surface area contributed by atoms with Gasteiger partial charge in [0.25, 0.3) is 5.97 Å². The standard InChI is InChI=1S/C7H4FO2.BrH.Zn/c8-6-4-2-1-3-5(6)7(9)10;;/h2-4H,(H,9,10);1H;/q-1;;+2/p-1. The molecule has 0 amide bonds. The van der Waals surface area contributed by atoms with Crippen molar-refractivity contribution in [3.8, 4) is 0 Å². The van der Waals surface area contributed by atoms with Crippen molar-refractivity contribution in [1.29, 1.82) is 0 Å². The Morgan fingerprint density at radius 2 is 2.25 bits per heavy atom. The second-order valence-corrected chi connectivity index (χ2v) is 1.71. The van der Waals surface area contributed by atoms with Crippen LogP contribution in [-0.4, -0.2) is 11.1 Å². The molecule has 1 N–H and O–H groups in total. The Labute approximate surface area is 85.8 Å². The maximum atomic E-state index is 12.4. The van der Waals surface area contributed by atoms with Gasteiger partial charge in [-0.25, -0.2) is 4.39 Å². The summed E-state index contributed by atoms with van der Waals surface area (Å²) in [4.78, 5) is 10.2. The normalized spacial score (nSPS) is 8.33. The van der Waals surface area contributed by atoms with Gasteiger partial charge >= 0.3 is 30.0 Å². The zero-order chi connectivity index (χ0) is 9.56. The molecule has 1 rings (SSSR count). The van der Waals surface area contributed by atoms with E-state index < -0.39 is 11.8 Å². The summed E-state index contributed by atoms with van der Waals surface area (Å²) in [5.41, 5.74) is -0.345. The van der Waals surface area contributed by atoms with Gasteiger partial charge in [0.05, 0.1) is 0 Å². The first-order valence-electron chi connectivity index (χ1n) is 2.87. The Morgan fingerprint density at radius 3 is 2.58 bits per heavy atom. The van der Waals surface area contributed by atoms with Crippen LogP contribution < -0.4 is 0 Å². The molecule has 5 heteroatoms. The molecule has 0 aromatic heterocycles. The number of hydrogen-bond donors (Lipinski definition) is 1. The van der Waals surface area contributed by atoms with Gasteiger partial charge in [0, 0.05) is 5.82 Å². The van der Waals surface area contributed by atoms with Crippen molar-refractivity contribution in [2.24, 2.45) is 0 Å². The summed E-state index contributed by atoms with van der Waals surface area (Å²) < 4.78 is 12.4. The molecule has 0 aliphatic carbocycles. The molecule has 0 saturated heterocycles. The molecule has 0 bridgehead atoms. The second-order valence-electron chi connectivity index (χ2n) is 1.71. The Bertz CT molecular complexity index is 267. The van der Waals surface area contributed by atoms with Crippen molar-refractivity contribution < 1.29 is 30.6 Å². The number of aromatic carboxylic acids is 1. The van der Waals surface area contributed by atoms with Gasteiger partial charge in [-0.2, -0.15) is 18.2 Å². The Kier molecular flexibility index (Phi) is 6.12. The second kappa shape index (κ2) is 6.26. The fourth-order valence-electron chi connectivity index (χ4n) is 0.575. The van der Waals surface area contributed by atoms with E-state index in [9.17, 15) is 9.18 Å². The Hall–Kier alpha value is -0.277. The molecule has 12 heavy (non-hydrogen) atoms. The van der Waals surface area contributed by atoms with Crippen LogP contribution in [0.15, 0.2) is 18.2 Å². The minimum absolute atomic E-state index is 0.345. The molecule has 0 saturated carbocycles. The van der Waals surface area contributed by atoms with Crippen molar-refractivity contribution in [2.75, 3.05) is 0 Å². The Balaban J connectivity index is 0.000000561. The Morgan fingerprint density at radius 1 is 1.67 bits per heavy atom. The summed E-state index contributed by atoms with van der Waals surface area (Å²) in [6.45, 7) is 0. The van der Waals surface area contributed by atoms with Gasteiger partial charge in [0.1, 0.15) is 0 Å². The third kappa shape index (κ3) is 3.41. The van der Waals surface area contributed by atoms with Crippen molar-refractivity contribution >= 4 is 19.6 Å². The summed E-state index contributed by atoms with van der Waals surface area (Å²) in [5, 5.41) is 8.31. The van der Waals surface area contributed by atoms with Crippen molar-refractivity contribution in [2.45, 2.75) is 0 Å². The number of benzene rings is 1. The molecule has 0 aliphatic heterocycles. The number of carboxylic acids is 1. The summed E-state index contributed by atoms with van der Waals surface area (Å²) in [6.07, 6.45) is 0. The third-order valence-corrected chi connectivity index (χ3v) is 1.04. The minimum atomic E-state index is -1.27. The molecule has 0 heterocycles. The average Bonchev–Trinajstić information content (AvgIpc) is 2.08. The van der Waals surface area contributed by atoms with E-state index in [1.807, 2.05) is 0 Å². The predicted molar refractivity (Wildman–Crippen MR) is 41.1 cm³/mol. The van der Waals surface area contributed by atoms with Crippen molar-refractivity contribution in [3.05, 3.63) is 35.6 Å². The van der Waals surface area contributed by atoms with E-state index in [-0.39, 0.29) is 5.56 Å². The molecule has 1 aromatic rings. The van der Waals surface area contributed by atoms with E-state index in [0.29, 0.717) is 0 Å². The van der Waals surface area contributed by atoms with E-state index in [0.717, 1.165) is 12.1 Å². The van der Waals surface area contributed by atoms with Crippen LogP contribution in [0.4, 0.5) is 4.39 Å². The van der Waals surface area contributed by atoms with Gasteiger partial charge in [-0.3, -0.25) is 4.79 Å². The number of carbonyl (C=O) groups is 1. The average molecular weight is 284 g/mol. The van der Waals surface area contributed by atoms with E-state index in [4.69, 9.17) is 5.11 Å². The summed E-state index contributed by atoms with van der Waals surface area (Å²) in [7, 11) is 0. The molecule has 0 spiro atoms. The topological polar surface area (TPSA) is 37.3 Å². The molecule has 0 aliphatic rings. The fraction of sp³-hybridized carbons (Fsp3) is 0. The van der Waals surface area contributed by atoms with Gasteiger partial charge in [-0.1, -0.05) is 0 Å². The molecule has 0 radical (unpaired) electrons. The summed E-state index contributed by atoms with van der Waals surface area (Å²) in [6, 6.07) is 5.94. The zero-order valence-corrected chi connectivity index (χ0v) is 10.6. The SMILES string of the molecule is O=C(O)c1c[c-]ccc1F.[Zn+][Br]. The van der Waals surface area contributed by atoms with E-state index >= 15 is 0 Å². The quantitative estimate of drug-likeness (QED) is 0.634.